The van der Waals surface area contributed by atoms with E-state index in [0.29, 0.717) is 5.56 Å². The van der Waals surface area contributed by atoms with Crippen LogP contribution < -0.4 is 5.73 Å². The number of oxime groups is 1. The van der Waals surface area contributed by atoms with Gasteiger partial charge in [0.25, 0.3) is 0 Å². The summed E-state index contributed by atoms with van der Waals surface area (Å²) in [6.45, 7) is 8.04. The average Bonchev–Trinajstić information content (AvgIpc) is 2.41. The van der Waals surface area contributed by atoms with Gasteiger partial charge < -0.3 is 10.9 Å². The third kappa shape index (κ3) is 3.36. The van der Waals surface area contributed by atoms with E-state index in [1.54, 1.807) is 0 Å². The second kappa shape index (κ2) is 6.18. The minimum atomic E-state index is 0.0892. The largest absolute Gasteiger partial charge is 0.409 e. The van der Waals surface area contributed by atoms with Crippen LogP contribution in [-0.2, 0) is 0 Å². The lowest BCUT2D eigenvalue weighted by atomic mass is 10.1. The van der Waals surface area contributed by atoms with Gasteiger partial charge in [0.05, 0.1) is 5.56 Å². The molecule has 0 aliphatic carbocycles. The van der Waals surface area contributed by atoms with Crippen LogP contribution in [0.3, 0.4) is 0 Å². The maximum absolute atomic E-state index is 8.98. The van der Waals surface area contributed by atoms with Gasteiger partial charge in [-0.15, -0.1) is 0 Å². The summed E-state index contributed by atoms with van der Waals surface area (Å²) in [6.07, 6.45) is 0. The molecule has 110 valence electrons. The molecule has 0 aliphatic heterocycles. The Balaban J connectivity index is 2.50. The molecule has 0 saturated carbocycles. The summed E-state index contributed by atoms with van der Waals surface area (Å²) < 4.78 is 0. The Hall–Kier alpha value is -2.01. The first-order valence-corrected chi connectivity index (χ1v) is 7.45. The van der Waals surface area contributed by atoms with Crippen LogP contribution in [0.1, 0.15) is 27.9 Å². The summed E-state index contributed by atoms with van der Waals surface area (Å²) in [5, 5.41) is 12.9. The molecule has 0 aliphatic rings. The fourth-order valence-electron chi connectivity index (χ4n) is 2.13. The number of nitrogens with two attached hydrogens (primary N) is 1. The number of pyridine rings is 1. The van der Waals surface area contributed by atoms with Crippen LogP contribution in [0.15, 0.2) is 39.3 Å². The highest BCUT2D eigenvalue weighted by atomic mass is 32.2. The number of amidine groups is 1. The third-order valence-electron chi connectivity index (χ3n) is 3.37. The van der Waals surface area contributed by atoms with E-state index in [9.17, 15) is 0 Å². The number of hydrogen-bond donors (Lipinski definition) is 2. The summed E-state index contributed by atoms with van der Waals surface area (Å²) in [5.41, 5.74) is 10.8. The Labute approximate surface area is 129 Å². The summed E-state index contributed by atoms with van der Waals surface area (Å²) in [4.78, 5) is 5.63. The molecule has 1 aromatic carbocycles. The molecule has 0 amide bonds. The number of rotatable bonds is 3. The summed E-state index contributed by atoms with van der Waals surface area (Å²) >= 11 is 1.53. The highest BCUT2D eigenvalue weighted by molar-refractivity contribution is 7.99. The molecule has 2 aromatic rings. The van der Waals surface area contributed by atoms with Crippen molar-refractivity contribution < 1.29 is 5.21 Å². The molecule has 0 radical (unpaired) electrons. The van der Waals surface area contributed by atoms with Gasteiger partial charge in [0.2, 0.25) is 0 Å². The molecular formula is C16H19N3OS. The zero-order valence-electron chi connectivity index (χ0n) is 12.6. The van der Waals surface area contributed by atoms with Crippen LogP contribution in [0.25, 0.3) is 0 Å². The van der Waals surface area contributed by atoms with Crippen molar-refractivity contribution in [2.75, 3.05) is 0 Å². The molecule has 0 spiro atoms. The molecule has 21 heavy (non-hydrogen) atoms. The van der Waals surface area contributed by atoms with Crippen molar-refractivity contribution in [1.29, 1.82) is 0 Å². The van der Waals surface area contributed by atoms with E-state index < -0.39 is 0 Å². The van der Waals surface area contributed by atoms with E-state index in [2.05, 4.69) is 42.2 Å². The second-order valence-corrected chi connectivity index (χ2v) is 6.16. The zero-order valence-corrected chi connectivity index (χ0v) is 13.5. The molecule has 0 bridgehead atoms. The number of nitrogens with zero attached hydrogens (tertiary/aromatic N) is 2. The van der Waals surface area contributed by atoms with Gasteiger partial charge in [0.15, 0.2) is 5.84 Å². The Kier molecular flexibility index (Phi) is 4.53. The Bertz CT molecular complexity index is 711. The Morgan fingerprint density at radius 1 is 1.10 bits per heavy atom. The standard InChI is InChI=1S/C16H19N3OS/c1-9-5-6-13(8-10(9)2)21-16-14(15(17)19-20)11(3)7-12(4)18-16/h5-8,20H,1-4H3,(H2,17,19). The van der Waals surface area contributed by atoms with Crippen molar-refractivity contribution >= 4 is 17.6 Å². The minimum absolute atomic E-state index is 0.0892. The van der Waals surface area contributed by atoms with Crippen molar-refractivity contribution in [3.8, 4) is 0 Å². The first-order valence-electron chi connectivity index (χ1n) is 6.63. The molecular weight excluding hydrogens is 282 g/mol. The first-order chi connectivity index (χ1) is 9.92. The van der Waals surface area contributed by atoms with Crippen LogP contribution in [0.5, 0.6) is 0 Å². The first kappa shape index (κ1) is 15.4. The molecule has 0 fully saturated rings. The Morgan fingerprint density at radius 3 is 2.43 bits per heavy atom. The number of aromatic nitrogens is 1. The maximum Gasteiger partial charge on any atom is 0.173 e. The van der Waals surface area contributed by atoms with Gasteiger partial charge in [-0.1, -0.05) is 23.0 Å². The average molecular weight is 301 g/mol. The molecule has 4 nitrogen and oxygen atoms in total. The maximum atomic E-state index is 8.98. The lowest BCUT2D eigenvalue weighted by Gasteiger charge is -2.12. The molecule has 0 atom stereocenters. The number of hydrogen-bond acceptors (Lipinski definition) is 4. The van der Waals surface area contributed by atoms with E-state index in [4.69, 9.17) is 10.9 Å². The van der Waals surface area contributed by atoms with E-state index in [0.717, 1.165) is 21.2 Å². The topological polar surface area (TPSA) is 71.5 Å². The third-order valence-corrected chi connectivity index (χ3v) is 4.35. The van der Waals surface area contributed by atoms with E-state index in [1.165, 1.54) is 22.9 Å². The van der Waals surface area contributed by atoms with Gasteiger partial charge in [-0.3, -0.25) is 0 Å². The van der Waals surface area contributed by atoms with Crippen LogP contribution in [0.2, 0.25) is 0 Å². The van der Waals surface area contributed by atoms with Crippen molar-refractivity contribution in [1.82, 2.24) is 4.98 Å². The van der Waals surface area contributed by atoms with Crippen molar-refractivity contribution in [3.05, 3.63) is 52.2 Å². The SMILES string of the molecule is Cc1cc(C)c(/C(N)=N/O)c(Sc2ccc(C)c(C)c2)n1. The van der Waals surface area contributed by atoms with Gasteiger partial charge in [-0.05, 0) is 62.6 Å². The number of benzene rings is 1. The second-order valence-electron chi connectivity index (χ2n) is 5.09. The van der Waals surface area contributed by atoms with Crippen LogP contribution in [0.4, 0.5) is 0 Å². The molecule has 0 unspecified atom stereocenters. The normalized spacial score (nSPS) is 11.7. The van der Waals surface area contributed by atoms with Gasteiger partial charge >= 0.3 is 0 Å². The van der Waals surface area contributed by atoms with Crippen LogP contribution in [-0.4, -0.2) is 16.0 Å². The van der Waals surface area contributed by atoms with Crippen LogP contribution in [0, 0.1) is 27.7 Å². The minimum Gasteiger partial charge on any atom is -0.409 e. The van der Waals surface area contributed by atoms with Gasteiger partial charge in [0, 0.05) is 10.6 Å². The quantitative estimate of drug-likeness (QED) is 0.393. The van der Waals surface area contributed by atoms with E-state index >= 15 is 0 Å². The fourth-order valence-corrected chi connectivity index (χ4v) is 3.28. The van der Waals surface area contributed by atoms with Crippen LogP contribution >= 0.6 is 11.8 Å². The molecule has 1 aromatic heterocycles. The highest BCUT2D eigenvalue weighted by Gasteiger charge is 2.14. The predicted octanol–water partition coefficient (Wildman–Crippen LogP) is 3.56. The van der Waals surface area contributed by atoms with Crippen molar-refractivity contribution in [3.63, 3.8) is 0 Å². The smallest absolute Gasteiger partial charge is 0.173 e. The molecule has 5 heteroatoms. The predicted molar refractivity (Wildman–Crippen MR) is 86.3 cm³/mol. The fraction of sp³-hybridized carbons (Fsp3) is 0.250. The van der Waals surface area contributed by atoms with Crippen molar-refractivity contribution in [2.45, 2.75) is 37.6 Å². The van der Waals surface area contributed by atoms with Gasteiger partial charge in [-0.2, -0.15) is 0 Å². The molecule has 0 saturated heterocycles. The summed E-state index contributed by atoms with van der Waals surface area (Å²) in [6, 6.07) is 8.19. The summed E-state index contributed by atoms with van der Waals surface area (Å²) in [5.74, 6) is 0.0892. The lowest BCUT2D eigenvalue weighted by Crippen LogP contribution is -2.17. The molecule has 2 rings (SSSR count). The van der Waals surface area contributed by atoms with Gasteiger partial charge in [0.1, 0.15) is 5.03 Å². The highest BCUT2D eigenvalue weighted by Crippen LogP contribution is 2.31. The lowest BCUT2D eigenvalue weighted by molar-refractivity contribution is 0.318. The van der Waals surface area contributed by atoms with E-state index in [1.807, 2.05) is 19.9 Å². The van der Waals surface area contributed by atoms with Crippen molar-refractivity contribution in [2.24, 2.45) is 10.9 Å². The van der Waals surface area contributed by atoms with Gasteiger partial charge in [-0.25, -0.2) is 4.98 Å². The summed E-state index contributed by atoms with van der Waals surface area (Å²) in [7, 11) is 0. The molecule has 1 heterocycles. The Morgan fingerprint density at radius 2 is 1.81 bits per heavy atom. The molecule has 3 N–H and O–H groups in total. The number of aryl methyl sites for hydroxylation is 4. The monoisotopic (exact) mass is 301 g/mol. The zero-order chi connectivity index (χ0) is 15.6. The van der Waals surface area contributed by atoms with E-state index in [-0.39, 0.29) is 5.84 Å².